The van der Waals surface area contributed by atoms with Gasteiger partial charge in [-0.1, -0.05) is 24.4 Å². The van der Waals surface area contributed by atoms with E-state index in [0.29, 0.717) is 17.3 Å². The highest BCUT2D eigenvalue weighted by Gasteiger charge is 2.10. The highest BCUT2D eigenvalue weighted by molar-refractivity contribution is 6.29. The van der Waals surface area contributed by atoms with Crippen LogP contribution in [-0.2, 0) is 0 Å². The van der Waals surface area contributed by atoms with Crippen LogP contribution in [0.5, 0.6) is 0 Å². The quantitative estimate of drug-likeness (QED) is 0.872. The molecule has 1 aliphatic rings. The van der Waals surface area contributed by atoms with Crippen molar-refractivity contribution in [1.29, 1.82) is 0 Å². The molecule has 1 saturated heterocycles. The first-order chi connectivity index (χ1) is 11.2. The molecular weight excluding hydrogens is 310 g/mol. The number of benzene rings is 1. The predicted molar refractivity (Wildman–Crippen MR) is 94.0 cm³/mol. The van der Waals surface area contributed by atoms with Crippen LogP contribution in [0.1, 0.15) is 36.0 Å². The first kappa shape index (κ1) is 16.2. The molecule has 1 aromatic carbocycles. The number of halogens is 1. The van der Waals surface area contributed by atoms with Gasteiger partial charge in [0.2, 0.25) is 0 Å². The number of carbonyl (C=O) groups excluding carboxylic acids is 1. The Morgan fingerprint density at radius 3 is 2.70 bits per heavy atom. The lowest BCUT2D eigenvalue weighted by atomic mass is 10.1. The number of carbonyl (C=O) groups is 1. The summed E-state index contributed by atoms with van der Waals surface area (Å²) in [6.45, 7) is 3.92. The predicted octanol–water partition coefficient (Wildman–Crippen LogP) is 3.49. The zero-order valence-corrected chi connectivity index (χ0v) is 14.0. The van der Waals surface area contributed by atoms with Crippen molar-refractivity contribution in [3.8, 4) is 0 Å². The van der Waals surface area contributed by atoms with Crippen LogP contribution in [0.3, 0.4) is 0 Å². The average Bonchev–Trinajstić information content (AvgIpc) is 2.83. The first-order valence-electron chi connectivity index (χ1n) is 8.29. The standard InChI is InChI=1S/C18H22ClN3O/c19-17-8-6-14-13-15(5-7-16(14)21-17)18(23)20-9-12-22-10-3-1-2-4-11-22/h5-8,13H,1-4,9-12H2,(H,20,23). The Kier molecular flexibility index (Phi) is 5.47. The first-order valence-corrected chi connectivity index (χ1v) is 8.67. The molecule has 23 heavy (non-hydrogen) atoms. The van der Waals surface area contributed by atoms with Crippen molar-refractivity contribution in [2.75, 3.05) is 26.2 Å². The smallest absolute Gasteiger partial charge is 0.251 e. The second-order valence-corrected chi connectivity index (χ2v) is 6.44. The van der Waals surface area contributed by atoms with E-state index >= 15 is 0 Å². The molecule has 5 heteroatoms. The number of likely N-dealkylation sites (tertiary alicyclic amines) is 1. The molecule has 2 heterocycles. The third-order valence-corrected chi connectivity index (χ3v) is 4.54. The van der Waals surface area contributed by atoms with Gasteiger partial charge in [0, 0.05) is 24.0 Å². The molecule has 0 aliphatic carbocycles. The number of amides is 1. The molecule has 2 aromatic rings. The summed E-state index contributed by atoms with van der Waals surface area (Å²) in [6, 6.07) is 9.13. The number of rotatable bonds is 4. The Balaban J connectivity index is 1.56. The number of aromatic nitrogens is 1. The fourth-order valence-corrected chi connectivity index (χ4v) is 3.19. The van der Waals surface area contributed by atoms with Crippen LogP contribution in [0.15, 0.2) is 30.3 Å². The summed E-state index contributed by atoms with van der Waals surface area (Å²) in [5.74, 6) is -0.0309. The van der Waals surface area contributed by atoms with Gasteiger partial charge in [-0.15, -0.1) is 0 Å². The summed E-state index contributed by atoms with van der Waals surface area (Å²) in [5, 5.41) is 4.41. The van der Waals surface area contributed by atoms with Gasteiger partial charge < -0.3 is 10.2 Å². The van der Waals surface area contributed by atoms with Gasteiger partial charge in [-0.2, -0.15) is 0 Å². The van der Waals surface area contributed by atoms with E-state index < -0.39 is 0 Å². The fraction of sp³-hybridized carbons (Fsp3) is 0.444. The molecule has 1 amide bonds. The molecule has 1 fully saturated rings. The molecule has 1 N–H and O–H groups in total. The average molecular weight is 332 g/mol. The van der Waals surface area contributed by atoms with Gasteiger partial charge >= 0.3 is 0 Å². The van der Waals surface area contributed by atoms with E-state index in [2.05, 4.69) is 15.2 Å². The van der Waals surface area contributed by atoms with Crippen LogP contribution < -0.4 is 5.32 Å². The number of pyridine rings is 1. The van der Waals surface area contributed by atoms with E-state index in [1.165, 1.54) is 25.7 Å². The highest BCUT2D eigenvalue weighted by Crippen LogP contribution is 2.17. The SMILES string of the molecule is O=C(NCCN1CCCCCC1)c1ccc2nc(Cl)ccc2c1. The molecule has 0 bridgehead atoms. The monoisotopic (exact) mass is 331 g/mol. The van der Waals surface area contributed by atoms with E-state index in [0.717, 1.165) is 30.5 Å². The molecule has 1 aliphatic heterocycles. The van der Waals surface area contributed by atoms with E-state index in [-0.39, 0.29) is 5.91 Å². The minimum atomic E-state index is -0.0309. The zero-order chi connectivity index (χ0) is 16.1. The maximum absolute atomic E-state index is 12.3. The van der Waals surface area contributed by atoms with E-state index in [9.17, 15) is 4.79 Å². The lowest BCUT2D eigenvalue weighted by Gasteiger charge is -2.19. The molecule has 4 nitrogen and oxygen atoms in total. The molecule has 0 spiro atoms. The van der Waals surface area contributed by atoms with Crippen LogP contribution in [-0.4, -0.2) is 42.0 Å². The van der Waals surface area contributed by atoms with Crippen molar-refractivity contribution in [1.82, 2.24) is 15.2 Å². The Hall–Kier alpha value is -1.65. The number of fused-ring (bicyclic) bond motifs is 1. The van der Waals surface area contributed by atoms with Gasteiger partial charge in [-0.3, -0.25) is 4.79 Å². The minimum absolute atomic E-state index is 0.0309. The van der Waals surface area contributed by atoms with Gasteiger partial charge in [-0.05, 0) is 56.3 Å². The van der Waals surface area contributed by atoms with Crippen LogP contribution in [0, 0.1) is 0 Å². The number of hydrogen-bond acceptors (Lipinski definition) is 3. The maximum Gasteiger partial charge on any atom is 0.251 e. The van der Waals surface area contributed by atoms with Crippen LogP contribution >= 0.6 is 11.6 Å². The second-order valence-electron chi connectivity index (χ2n) is 6.05. The lowest BCUT2D eigenvalue weighted by Crippen LogP contribution is -2.35. The largest absolute Gasteiger partial charge is 0.351 e. The minimum Gasteiger partial charge on any atom is -0.351 e. The Bertz CT molecular complexity index is 681. The molecular formula is C18H22ClN3O. The second kappa shape index (κ2) is 7.75. The summed E-state index contributed by atoms with van der Waals surface area (Å²) >= 11 is 5.88. The van der Waals surface area contributed by atoms with E-state index in [1.54, 1.807) is 12.1 Å². The number of nitrogens with zero attached hydrogens (tertiary/aromatic N) is 2. The molecule has 122 valence electrons. The van der Waals surface area contributed by atoms with E-state index in [1.807, 2.05) is 18.2 Å². The van der Waals surface area contributed by atoms with Crippen molar-refractivity contribution in [3.05, 3.63) is 41.0 Å². The van der Waals surface area contributed by atoms with Crippen LogP contribution in [0.4, 0.5) is 0 Å². The van der Waals surface area contributed by atoms with Crippen molar-refractivity contribution in [2.45, 2.75) is 25.7 Å². The number of nitrogens with one attached hydrogen (secondary N) is 1. The molecule has 1 aromatic heterocycles. The maximum atomic E-state index is 12.3. The third-order valence-electron chi connectivity index (χ3n) is 4.33. The third kappa shape index (κ3) is 4.43. The summed E-state index contributed by atoms with van der Waals surface area (Å²) in [7, 11) is 0. The van der Waals surface area contributed by atoms with Gasteiger partial charge in [0.15, 0.2) is 0 Å². The van der Waals surface area contributed by atoms with Crippen LogP contribution in [0.2, 0.25) is 5.15 Å². The van der Waals surface area contributed by atoms with Crippen molar-refractivity contribution >= 4 is 28.4 Å². The number of hydrogen-bond donors (Lipinski definition) is 1. The highest BCUT2D eigenvalue weighted by atomic mass is 35.5. The molecule has 3 rings (SSSR count). The van der Waals surface area contributed by atoms with Crippen molar-refractivity contribution in [2.24, 2.45) is 0 Å². The van der Waals surface area contributed by atoms with Gasteiger partial charge in [0.05, 0.1) is 5.52 Å². The van der Waals surface area contributed by atoms with Gasteiger partial charge in [-0.25, -0.2) is 4.98 Å². The summed E-state index contributed by atoms with van der Waals surface area (Å²) in [6.07, 6.45) is 5.21. The molecule has 0 saturated carbocycles. The van der Waals surface area contributed by atoms with Gasteiger partial charge in [0.1, 0.15) is 5.15 Å². The Morgan fingerprint density at radius 1 is 1.13 bits per heavy atom. The van der Waals surface area contributed by atoms with Crippen LogP contribution in [0.25, 0.3) is 10.9 Å². The molecule has 0 atom stereocenters. The lowest BCUT2D eigenvalue weighted by molar-refractivity contribution is 0.0948. The topological polar surface area (TPSA) is 45.2 Å². The van der Waals surface area contributed by atoms with Gasteiger partial charge in [0.25, 0.3) is 5.91 Å². The molecule has 0 unspecified atom stereocenters. The summed E-state index contributed by atoms with van der Waals surface area (Å²) < 4.78 is 0. The normalized spacial score (nSPS) is 16.2. The van der Waals surface area contributed by atoms with Crippen molar-refractivity contribution in [3.63, 3.8) is 0 Å². The van der Waals surface area contributed by atoms with E-state index in [4.69, 9.17) is 11.6 Å². The molecule has 0 radical (unpaired) electrons. The Morgan fingerprint density at radius 2 is 1.91 bits per heavy atom. The van der Waals surface area contributed by atoms with Crippen molar-refractivity contribution < 1.29 is 4.79 Å². The zero-order valence-electron chi connectivity index (χ0n) is 13.2. The fourth-order valence-electron chi connectivity index (χ4n) is 3.03. The summed E-state index contributed by atoms with van der Waals surface area (Å²) in [5.41, 5.74) is 1.47. The summed E-state index contributed by atoms with van der Waals surface area (Å²) in [4.78, 5) is 19.0. The Labute approximate surface area is 141 Å².